The zero-order chi connectivity index (χ0) is 17.6. The third-order valence-corrected chi connectivity index (χ3v) is 4.72. The Hall–Kier alpha value is -3.40. The number of primary amides is 2. The molecule has 2 amide bonds. The van der Waals surface area contributed by atoms with Crippen LogP contribution in [-0.2, 0) is 0 Å². The third kappa shape index (κ3) is 2.31. The number of benzene rings is 3. The SMILES string of the molecule is NC(=O)c1cccc(C2C=Cc3cccc4cccc2c34)c1C(N)=O. The molecule has 0 saturated carbocycles. The summed E-state index contributed by atoms with van der Waals surface area (Å²) in [4.78, 5) is 23.8. The number of amides is 2. The van der Waals surface area contributed by atoms with Crippen molar-refractivity contribution in [3.05, 3.63) is 88.5 Å². The number of carbonyl (C=O) groups is 2. The van der Waals surface area contributed by atoms with Crippen molar-refractivity contribution in [2.75, 3.05) is 0 Å². The molecule has 1 unspecified atom stereocenters. The Morgan fingerprint density at radius 3 is 2.20 bits per heavy atom. The molecule has 4 rings (SSSR count). The highest BCUT2D eigenvalue weighted by Crippen LogP contribution is 2.39. The Bertz CT molecular complexity index is 1060. The number of hydrogen-bond donors (Lipinski definition) is 2. The van der Waals surface area contributed by atoms with Crippen molar-refractivity contribution < 1.29 is 9.59 Å². The number of rotatable bonds is 3. The molecule has 1 atom stereocenters. The molecule has 122 valence electrons. The van der Waals surface area contributed by atoms with Gasteiger partial charge in [-0.2, -0.15) is 0 Å². The van der Waals surface area contributed by atoms with Gasteiger partial charge in [0, 0.05) is 5.92 Å². The van der Waals surface area contributed by atoms with Crippen LogP contribution in [0.5, 0.6) is 0 Å². The lowest BCUT2D eigenvalue weighted by Crippen LogP contribution is -2.23. The second-order valence-electron chi connectivity index (χ2n) is 6.13. The van der Waals surface area contributed by atoms with E-state index in [1.165, 1.54) is 6.07 Å². The van der Waals surface area contributed by atoms with Crippen molar-refractivity contribution in [1.82, 2.24) is 0 Å². The highest BCUT2D eigenvalue weighted by Gasteiger charge is 2.25. The monoisotopic (exact) mass is 328 g/mol. The fourth-order valence-corrected chi connectivity index (χ4v) is 3.68. The van der Waals surface area contributed by atoms with Gasteiger partial charge < -0.3 is 11.5 Å². The maximum Gasteiger partial charge on any atom is 0.249 e. The Morgan fingerprint density at radius 2 is 1.48 bits per heavy atom. The fraction of sp³-hybridized carbons (Fsp3) is 0.0476. The summed E-state index contributed by atoms with van der Waals surface area (Å²) >= 11 is 0. The van der Waals surface area contributed by atoms with E-state index in [1.54, 1.807) is 6.07 Å². The molecule has 1 aliphatic rings. The standard InChI is InChI=1S/C21H16N2O2/c22-20(24)17-9-3-8-16(19(17)21(23)25)14-11-10-13-5-1-4-12-6-2-7-15(14)18(12)13/h1-11,14H,(H2,22,24)(H2,23,25). The summed E-state index contributed by atoms with van der Waals surface area (Å²) in [6, 6.07) is 17.3. The lowest BCUT2D eigenvalue weighted by molar-refractivity contribution is 0.0966. The van der Waals surface area contributed by atoms with E-state index in [9.17, 15) is 9.59 Å². The summed E-state index contributed by atoms with van der Waals surface area (Å²) in [5, 5.41) is 2.29. The first-order valence-electron chi connectivity index (χ1n) is 8.00. The summed E-state index contributed by atoms with van der Waals surface area (Å²) in [5.41, 5.74) is 14.3. The average Bonchev–Trinajstić information content (AvgIpc) is 2.62. The van der Waals surface area contributed by atoms with Gasteiger partial charge in [-0.3, -0.25) is 9.59 Å². The van der Waals surface area contributed by atoms with Gasteiger partial charge in [0.2, 0.25) is 11.8 Å². The van der Waals surface area contributed by atoms with E-state index in [4.69, 9.17) is 11.5 Å². The van der Waals surface area contributed by atoms with Crippen LogP contribution < -0.4 is 11.5 Å². The average molecular weight is 328 g/mol. The van der Waals surface area contributed by atoms with Crippen molar-refractivity contribution in [2.24, 2.45) is 11.5 Å². The van der Waals surface area contributed by atoms with Crippen LogP contribution in [0.1, 0.15) is 43.3 Å². The van der Waals surface area contributed by atoms with Crippen molar-refractivity contribution in [3.63, 3.8) is 0 Å². The Kier molecular flexibility index (Phi) is 3.39. The summed E-state index contributed by atoms with van der Waals surface area (Å²) in [6.07, 6.45) is 4.07. The van der Waals surface area contributed by atoms with E-state index in [2.05, 4.69) is 18.2 Å². The molecule has 4 N–H and O–H groups in total. The molecular weight excluding hydrogens is 312 g/mol. The second-order valence-corrected chi connectivity index (χ2v) is 6.13. The van der Waals surface area contributed by atoms with Crippen LogP contribution in [0.3, 0.4) is 0 Å². The maximum atomic E-state index is 12.1. The topological polar surface area (TPSA) is 86.2 Å². The van der Waals surface area contributed by atoms with E-state index in [0.717, 1.165) is 21.9 Å². The van der Waals surface area contributed by atoms with Gasteiger partial charge in [0.1, 0.15) is 0 Å². The van der Waals surface area contributed by atoms with Gasteiger partial charge in [0.25, 0.3) is 0 Å². The third-order valence-electron chi connectivity index (χ3n) is 4.72. The highest BCUT2D eigenvalue weighted by molar-refractivity contribution is 6.07. The Labute approximate surface area is 144 Å². The van der Waals surface area contributed by atoms with E-state index in [-0.39, 0.29) is 17.0 Å². The van der Waals surface area contributed by atoms with E-state index < -0.39 is 11.8 Å². The summed E-state index contributed by atoms with van der Waals surface area (Å²) < 4.78 is 0. The summed E-state index contributed by atoms with van der Waals surface area (Å²) in [5.74, 6) is -1.47. The molecule has 0 fully saturated rings. The molecule has 0 saturated heterocycles. The second kappa shape index (κ2) is 5.60. The molecule has 4 heteroatoms. The Morgan fingerprint density at radius 1 is 0.800 bits per heavy atom. The maximum absolute atomic E-state index is 12.1. The van der Waals surface area contributed by atoms with Crippen molar-refractivity contribution in [1.29, 1.82) is 0 Å². The molecule has 0 bridgehead atoms. The van der Waals surface area contributed by atoms with Crippen molar-refractivity contribution in [2.45, 2.75) is 5.92 Å². The first kappa shape index (κ1) is 15.1. The lowest BCUT2D eigenvalue weighted by Gasteiger charge is -2.24. The molecule has 3 aromatic rings. The lowest BCUT2D eigenvalue weighted by atomic mass is 9.79. The molecule has 0 heterocycles. The minimum absolute atomic E-state index is 0.157. The van der Waals surface area contributed by atoms with E-state index in [0.29, 0.717) is 5.56 Å². The van der Waals surface area contributed by atoms with Crippen LogP contribution in [0, 0.1) is 0 Å². The van der Waals surface area contributed by atoms with Crippen LogP contribution in [0.2, 0.25) is 0 Å². The van der Waals surface area contributed by atoms with E-state index >= 15 is 0 Å². The van der Waals surface area contributed by atoms with Gasteiger partial charge in [-0.15, -0.1) is 0 Å². The van der Waals surface area contributed by atoms with Gasteiger partial charge in [-0.05, 0) is 33.5 Å². The molecule has 4 nitrogen and oxygen atoms in total. The van der Waals surface area contributed by atoms with Crippen LogP contribution in [0.4, 0.5) is 0 Å². The smallest absolute Gasteiger partial charge is 0.249 e. The van der Waals surface area contributed by atoms with Gasteiger partial charge in [0.15, 0.2) is 0 Å². The molecule has 0 spiro atoms. The quantitative estimate of drug-likeness (QED) is 0.773. The van der Waals surface area contributed by atoms with Crippen LogP contribution in [0.15, 0.2) is 60.7 Å². The molecular formula is C21H16N2O2. The van der Waals surface area contributed by atoms with Gasteiger partial charge in [0.05, 0.1) is 11.1 Å². The summed E-state index contributed by atoms with van der Waals surface area (Å²) in [7, 11) is 0. The number of hydrogen-bond acceptors (Lipinski definition) is 2. The highest BCUT2D eigenvalue weighted by atomic mass is 16.2. The minimum atomic E-state index is -0.658. The fourth-order valence-electron chi connectivity index (χ4n) is 3.68. The summed E-state index contributed by atoms with van der Waals surface area (Å²) in [6.45, 7) is 0. The van der Waals surface area contributed by atoms with E-state index in [1.807, 2.05) is 36.4 Å². The molecule has 0 radical (unpaired) electrons. The molecule has 0 aromatic heterocycles. The largest absolute Gasteiger partial charge is 0.366 e. The Balaban J connectivity index is 2.01. The van der Waals surface area contributed by atoms with Gasteiger partial charge in [-0.25, -0.2) is 0 Å². The molecule has 0 aliphatic heterocycles. The van der Waals surface area contributed by atoms with Crippen LogP contribution in [0.25, 0.3) is 16.8 Å². The molecule has 25 heavy (non-hydrogen) atoms. The predicted octanol–water partition coefficient (Wildman–Crippen LogP) is 3.20. The molecule has 1 aliphatic carbocycles. The predicted molar refractivity (Wildman–Crippen MR) is 98.3 cm³/mol. The van der Waals surface area contributed by atoms with Crippen molar-refractivity contribution in [3.8, 4) is 0 Å². The van der Waals surface area contributed by atoms with Crippen LogP contribution >= 0.6 is 0 Å². The van der Waals surface area contributed by atoms with Crippen LogP contribution in [-0.4, -0.2) is 11.8 Å². The van der Waals surface area contributed by atoms with Gasteiger partial charge in [-0.1, -0.05) is 60.7 Å². The molecule has 3 aromatic carbocycles. The van der Waals surface area contributed by atoms with Crippen molar-refractivity contribution >= 4 is 28.7 Å². The number of carbonyl (C=O) groups excluding carboxylic acids is 2. The zero-order valence-corrected chi connectivity index (χ0v) is 13.4. The first-order chi connectivity index (χ1) is 12.1. The van der Waals surface area contributed by atoms with Gasteiger partial charge >= 0.3 is 0 Å². The first-order valence-corrected chi connectivity index (χ1v) is 8.00. The number of allylic oxidation sites excluding steroid dienone is 1. The minimum Gasteiger partial charge on any atom is -0.366 e. The zero-order valence-electron chi connectivity index (χ0n) is 13.4. The number of nitrogens with two attached hydrogens (primary N) is 2. The normalized spacial score (nSPS) is 15.3.